The first-order chi connectivity index (χ1) is 9.61. The third kappa shape index (κ3) is 3.23. The monoisotopic (exact) mass is 281 g/mol. The number of ether oxygens (including phenoxy) is 1. The maximum Gasteiger partial charge on any atom is 0.161 e. The van der Waals surface area contributed by atoms with Gasteiger partial charge in [-0.2, -0.15) is 0 Å². The Balaban J connectivity index is 2.15. The van der Waals surface area contributed by atoms with Crippen LogP contribution in [0.3, 0.4) is 0 Å². The number of benzene rings is 2. The molecule has 0 bridgehead atoms. The normalized spacial score (nSPS) is 10.4. The van der Waals surface area contributed by atoms with Crippen LogP contribution in [0.2, 0.25) is 0 Å². The Kier molecular flexibility index (Phi) is 4.50. The van der Waals surface area contributed by atoms with E-state index in [1.54, 1.807) is 18.2 Å². The highest BCUT2D eigenvalue weighted by atomic mass is 19.2. The summed E-state index contributed by atoms with van der Waals surface area (Å²) in [6, 6.07) is 8.54. The van der Waals surface area contributed by atoms with Gasteiger partial charge in [-0.05, 0) is 25.1 Å². The fraction of sp³-hybridized carbons (Fsp3) is 0.200. The van der Waals surface area contributed by atoms with Gasteiger partial charge in [-0.15, -0.1) is 0 Å². The molecule has 2 aromatic carbocycles. The molecule has 2 aromatic rings. The molecule has 5 heteroatoms. The van der Waals surface area contributed by atoms with Gasteiger partial charge >= 0.3 is 0 Å². The standard InChI is InChI=1S/C15H14F3NO/c1-2-20-15-6-4-3-5-14(15)19-9-10-7-12(17)13(18)8-11(10)16/h3-8,19H,2,9H2,1H3. The second-order valence-corrected chi connectivity index (χ2v) is 4.14. The topological polar surface area (TPSA) is 21.3 Å². The molecule has 0 unspecified atom stereocenters. The number of para-hydroxylation sites is 2. The highest BCUT2D eigenvalue weighted by Gasteiger charge is 2.10. The summed E-state index contributed by atoms with van der Waals surface area (Å²) in [4.78, 5) is 0. The van der Waals surface area contributed by atoms with Gasteiger partial charge in [0, 0.05) is 18.2 Å². The van der Waals surface area contributed by atoms with Crippen molar-refractivity contribution in [3.8, 4) is 5.75 Å². The number of anilines is 1. The number of hydrogen-bond acceptors (Lipinski definition) is 2. The predicted octanol–water partition coefficient (Wildman–Crippen LogP) is 4.11. The van der Waals surface area contributed by atoms with Gasteiger partial charge in [0.1, 0.15) is 11.6 Å². The Labute approximate surface area is 115 Å². The molecule has 0 heterocycles. The third-order valence-corrected chi connectivity index (χ3v) is 2.75. The Hall–Kier alpha value is -2.17. The summed E-state index contributed by atoms with van der Waals surface area (Å²) in [7, 11) is 0. The smallest absolute Gasteiger partial charge is 0.161 e. The fourth-order valence-electron chi connectivity index (χ4n) is 1.78. The van der Waals surface area contributed by atoms with Crippen molar-refractivity contribution in [2.45, 2.75) is 13.5 Å². The van der Waals surface area contributed by atoms with E-state index in [2.05, 4.69) is 5.32 Å². The summed E-state index contributed by atoms with van der Waals surface area (Å²) in [5.74, 6) is -2.43. The summed E-state index contributed by atoms with van der Waals surface area (Å²) >= 11 is 0. The van der Waals surface area contributed by atoms with Crippen molar-refractivity contribution in [2.24, 2.45) is 0 Å². The lowest BCUT2D eigenvalue weighted by Crippen LogP contribution is -2.05. The van der Waals surface area contributed by atoms with E-state index in [9.17, 15) is 13.2 Å². The van der Waals surface area contributed by atoms with Gasteiger partial charge in [-0.3, -0.25) is 0 Å². The number of hydrogen-bond donors (Lipinski definition) is 1. The average Bonchev–Trinajstić information content (AvgIpc) is 2.43. The lowest BCUT2D eigenvalue weighted by molar-refractivity contribution is 0.341. The average molecular weight is 281 g/mol. The molecule has 0 aliphatic heterocycles. The van der Waals surface area contributed by atoms with Crippen molar-refractivity contribution in [2.75, 3.05) is 11.9 Å². The maximum absolute atomic E-state index is 13.5. The summed E-state index contributed by atoms with van der Waals surface area (Å²) in [6.45, 7) is 2.39. The minimum atomic E-state index is -1.19. The quantitative estimate of drug-likeness (QED) is 0.833. The van der Waals surface area contributed by atoms with Crippen molar-refractivity contribution in [1.82, 2.24) is 0 Å². The molecule has 1 N–H and O–H groups in total. The first kappa shape index (κ1) is 14.2. The van der Waals surface area contributed by atoms with Crippen molar-refractivity contribution in [3.63, 3.8) is 0 Å². The predicted molar refractivity (Wildman–Crippen MR) is 71.3 cm³/mol. The van der Waals surface area contributed by atoms with Gasteiger partial charge < -0.3 is 10.1 Å². The van der Waals surface area contributed by atoms with E-state index in [4.69, 9.17) is 4.74 Å². The summed E-state index contributed by atoms with van der Waals surface area (Å²) in [5.41, 5.74) is 0.716. The van der Waals surface area contributed by atoms with Crippen LogP contribution in [0.4, 0.5) is 18.9 Å². The van der Waals surface area contributed by atoms with Crippen molar-refractivity contribution in [1.29, 1.82) is 0 Å². The molecule has 0 radical (unpaired) electrons. The minimum Gasteiger partial charge on any atom is -0.492 e. The fourth-order valence-corrected chi connectivity index (χ4v) is 1.78. The third-order valence-electron chi connectivity index (χ3n) is 2.75. The molecule has 0 fully saturated rings. The second-order valence-electron chi connectivity index (χ2n) is 4.14. The van der Waals surface area contributed by atoms with E-state index < -0.39 is 17.5 Å². The second kappa shape index (κ2) is 6.32. The van der Waals surface area contributed by atoms with Gasteiger partial charge in [0.05, 0.1) is 12.3 Å². The molecule has 20 heavy (non-hydrogen) atoms. The van der Waals surface area contributed by atoms with Crippen LogP contribution in [0.5, 0.6) is 5.75 Å². The van der Waals surface area contributed by atoms with Crippen molar-refractivity contribution >= 4 is 5.69 Å². The lowest BCUT2D eigenvalue weighted by Gasteiger charge is -2.12. The molecule has 0 aromatic heterocycles. The van der Waals surface area contributed by atoms with E-state index >= 15 is 0 Å². The van der Waals surface area contributed by atoms with E-state index in [0.29, 0.717) is 24.1 Å². The Bertz CT molecular complexity index is 602. The molecule has 2 rings (SSSR count). The molecule has 0 saturated heterocycles. The molecule has 0 spiro atoms. The minimum absolute atomic E-state index is 0.0348. The van der Waals surface area contributed by atoms with Crippen molar-refractivity contribution < 1.29 is 17.9 Å². The Morgan fingerprint density at radius 2 is 1.70 bits per heavy atom. The number of rotatable bonds is 5. The van der Waals surface area contributed by atoms with Crippen LogP contribution in [-0.4, -0.2) is 6.61 Å². The van der Waals surface area contributed by atoms with Gasteiger partial charge in [0.25, 0.3) is 0 Å². The first-order valence-electron chi connectivity index (χ1n) is 6.21. The molecule has 0 aliphatic rings. The van der Waals surface area contributed by atoms with Crippen molar-refractivity contribution in [3.05, 3.63) is 59.4 Å². The van der Waals surface area contributed by atoms with E-state index in [1.807, 2.05) is 13.0 Å². The SMILES string of the molecule is CCOc1ccccc1NCc1cc(F)c(F)cc1F. The molecule has 106 valence electrons. The van der Waals surface area contributed by atoms with E-state index in [-0.39, 0.29) is 12.1 Å². The summed E-state index contributed by atoms with van der Waals surface area (Å²) in [5, 5.41) is 2.95. The molecule has 0 atom stereocenters. The Morgan fingerprint density at radius 1 is 1.00 bits per heavy atom. The largest absolute Gasteiger partial charge is 0.492 e. The van der Waals surface area contributed by atoms with Gasteiger partial charge in [0.15, 0.2) is 11.6 Å². The van der Waals surface area contributed by atoms with Gasteiger partial charge in [0.2, 0.25) is 0 Å². The molecular formula is C15H14F3NO. The van der Waals surface area contributed by atoms with E-state index in [0.717, 1.165) is 6.07 Å². The molecule has 0 saturated carbocycles. The van der Waals surface area contributed by atoms with Crippen LogP contribution in [0.15, 0.2) is 36.4 Å². The van der Waals surface area contributed by atoms with Crippen LogP contribution in [0.1, 0.15) is 12.5 Å². The van der Waals surface area contributed by atoms with Gasteiger partial charge in [-0.1, -0.05) is 12.1 Å². The maximum atomic E-state index is 13.5. The van der Waals surface area contributed by atoms with Crippen LogP contribution in [0.25, 0.3) is 0 Å². The molecular weight excluding hydrogens is 267 g/mol. The lowest BCUT2D eigenvalue weighted by atomic mass is 10.2. The van der Waals surface area contributed by atoms with Crippen LogP contribution in [0, 0.1) is 17.5 Å². The van der Waals surface area contributed by atoms with E-state index in [1.165, 1.54) is 0 Å². The van der Waals surface area contributed by atoms with Crippen LogP contribution in [-0.2, 0) is 6.54 Å². The zero-order valence-corrected chi connectivity index (χ0v) is 10.9. The van der Waals surface area contributed by atoms with Crippen LogP contribution >= 0.6 is 0 Å². The number of halogens is 3. The first-order valence-corrected chi connectivity index (χ1v) is 6.21. The molecule has 0 amide bonds. The Morgan fingerprint density at radius 3 is 2.45 bits per heavy atom. The van der Waals surface area contributed by atoms with Crippen LogP contribution < -0.4 is 10.1 Å². The summed E-state index contributed by atoms with van der Waals surface area (Å²) in [6.07, 6.45) is 0. The molecule has 2 nitrogen and oxygen atoms in total. The highest BCUT2D eigenvalue weighted by molar-refractivity contribution is 5.56. The zero-order chi connectivity index (χ0) is 14.5. The molecule has 0 aliphatic carbocycles. The summed E-state index contributed by atoms with van der Waals surface area (Å²) < 4.78 is 44.8. The zero-order valence-electron chi connectivity index (χ0n) is 10.9. The highest BCUT2D eigenvalue weighted by Crippen LogP contribution is 2.25. The van der Waals surface area contributed by atoms with Gasteiger partial charge in [-0.25, -0.2) is 13.2 Å². The number of nitrogens with one attached hydrogen (secondary N) is 1.